The molecule has 1 rings (SSSR count). The molecule has 3 heteroatoms. The minimum absolute atomic E-state index is 0.00484. The highest BCUT2D eigenvalue weighted by Crippen LogP contribution is 2.19. The molecule has 1 aliphatic rings. The van der Waals surface area contributed by atoms with Gasteiger partial charge in [-0.2, -0.15) is 0 Å². The predicted octanol–water partition coefficient (Wildman–Crippen LogP) is 0.299. The Hall–Kier alpha value is -0.120. The Morgan fingerprint density at radius 2 is 1.85 bits per heavy atom. The summed E-state index contributed by atoms with van der Waals surface area (Å²) in [4.78, 5) is 2.33. The van der Waals surface area contributed by atoms with Crippen molar-refractivity contribution in [2.75, 3.05) is 32.7 Å². The van der Waals surface area contributed by atoms with Crippen LogP contribution in [0.4, 0.5) is 0 Å². The molecule has 0 radical (unpaired) electrons. The van der Waals surface area contributed by atoms with Crippen molar-refractivity contribution in [3.8, 4) is 0 Å². The third-order valence-corrected chi connectivity index (χ3v) is 2.64. The first-order valence-corrected chi connectivity index (χ1v) is 5.11. The van der Waals surface area contributed by atoms with Gasteiger partial charge in [-0.1, -0.05) is 20.8 Å². The lowest BCUT2D eigenvalue weighted by Crippen LogP contribution is -2.48. The Balaban J connectivity index is 2.30. The van der Waals surface area contributed by atoms with E-state index in [2.05, 4.69) is 31.0 Å². The zero-order valence-corrected chi connectivity index (χ0v) is 9.01. The first kappa shape index (κ1) is 11.0. The second kappa shape index (κ2) is 4.40. The van der Waals surface area contributed by atoms with Crippen LogP contribution >= 0.6 is 0 Å². The topological polar surface area (TPSA) is 35.5 Å². The molecule has 78 valence electrons. The summed E-state index contributed by atoms with van der Waals surface area (Å²) in [5.74, 6) is 0. The molecule has 0 aromatic rings. The van der Waals surface area contributed by atoms with Crippen LogP contribution in [-0.2, 0) is 0 Å². The first-order valence-electron chi connectivity index (χ1n) is 5.11. The molecule has 0 saturated carbocycles. The van der Waals surface area contributed by atoms with Gasteiger partial charge in [-0.15, -0.1) is 0 Å². The van der Waals surface area contributed by atoms with Gasteiger partial charge in [0.2, 0.25) is 0 Å². The van der Waals surface area contributed by atoms with Gasteiger partial charge in [-0.25, -0.2) is 0 Å². The van der Waals surface area contributed by atoms with Crippen LogP contribution in [-0.4, -0.2) is 48.8 Å². The normalized spacial score (nSPS) is 23.1. The Kier molecular flexibility index (Phi) is 3.71. The fourth-order valence-corrected chi connectivity index (χ4v) is 1.41. The minimum Gasteiger partial charge on any atom is -0.391 e. The standard InChI is InChI=1S/C10H22N2O/c1-10(2,3)9(13)8-12-6-4-11-5-7-12/h9,11,13H,4-8H2,1-3H3. The van der Waals surface area contributed by atoms with Crippen LogP contribution in [0.2, 0.25) is 0 Å². The van der Waals surface area contributed by atoms with Crippen LogP contribution in [0.15, 0.2) is 0 Å². The molecule has 1 atom stereocenters. The van der Waals surface area contributed by atoms with Gasteiger partial charge in [0.1, 0.15) is 0 Å². The van der Waals surface area contributed by atoms with Crippen molar-refractivity contribution in [2.24, 2.45) is 5.41 Å². The Bertz CT molecular complexity index is 147. The van der Waals surface area contributed by atoms with E-state index in [9.17, 15) is 5.11 Å². The minimum atomic E-state index is -0.217. The van der Waals surface area contributed by atoms with Crippen LogP contribution in [0.1, 0.15) is 20.8 Å². The zero-order valence-electron chi connectivity index (χ0n) is 9.01. The monoisotopic (exact) mass is 186 g/mol. The molecule has 0 aromatic heterocycles. The molecular formula is C10H22N2O. The molecule has 1 unspecified atom stereocenters. The summed E-state index contributed by atoms with van der Waals surface area (Å²) in [6, 6.07) is 0. The van der Waals surface area contributed by atoms with Crippen LogP contribution in [0.25, 0.3) is 0 Å². The summed E-state index contributed by atoms with van der Waals surface area (Å²) < 4.78 is 0. The maximum atomic E-state index is 9.88. The fraction of sp³-hybridized carbons (Fsp3) is 1.00. The van der Waals surface area contributed by atoms with E-state index >= 15 is 0 Å². The van der Waals surface area contributed by atoms with Crippen molar-refractivity contribution in [1.82, 2.24) is 10.2 Å². The Morgan fingerprint density at radius 1 is 1.31 bits per heavy atom. The number of rotatable bonds is 2. The van der Waals surface area contributed by atoms with Gasteiger partial charge in [0.05, 0.1) is 6.10 Å². The van der Waals surface area contributed by atoms with E-state index in [1.807, 2.05) is 0 Å². The molecule has 0 aliphatic carbocycles. The molecule has 0 amide bonds. The third-order valence-electron chi connectivity index (χ3n) is 2.64. The van der Waals surface area contributed by atoms with Gasteiger partial charge < -0.3 is 10.4 Å². The Labute approximate surface area is 81.1 Å². The van der Waals surface area contributed by atoms with Gasteiger partial charge in [-0.3, -0.25) is 4.90 Å². The average molecular weight is 186 g/mol. The van der Waals surface area contributed by atoms with Gasteiger partial charge in [0, 0.05) is 32.7 Å². The summed E-state index contributed by atoms with van der Waals surface area (Å²) in [5.41, 5.74) is 0.00484. The van der Waals surface area contributed by atoms with Crippen molar-refractivity contribution in [3.63, 3.8) is 0 Å². The number of nitrogens with zero attached hydrogens (tertiary/aromatic N) is 1. The maximum absolute atomic E-state index is 9.88. The quantitative estimate of drug-likeness (QED) is 0.651. The molecule has 3 nitrogen and oxygen atoms in total. The van der Waals surface area contributed by atoms with E-state index in [1.54, 1.807) is 0 Å². The van der Waals surface area contributed by atoms with E-state index in [0.29, 0.717) is 0 Å². The molecule has 1 saturated heterocycles. The molecule has 0 bridgehead atoms. The second-order valence-corrected chi connectivity index (χ2v) is 4.93. The highest BCUT2D eigenvalue weighted by Gasteiger charge is 2.24. The summed E-state index contributed by atoms with van der Waals surface area (Å²) in [7, 11) is 0. The molecule has 0 spiro atoms. The molecule has 1 aliphatic heterocycles. The predicted molar refractivity (Wildman–Crippen MR) is 54.8 cm³/mol. The second-order valence-electron chi connectivity index (χ2n) is 4.93. The van der Waals surface area contributed by atoms with Crippen molar-refractivity contribution in [1.29, 1.82) is 0 Å². The van der Waals surface area contributed by atoms with Crippen molar-refractivity contribution < 1.29 is 5.11 Å². The molecule has 13 heavy (non-hydrogen) atoms. The number of aliphatic hydroxyl groups excluding tert-OH is 1. The van der Waals surface area contributed by atoms with E-state index in [4.69, 9.17) is 0 Å². The lowest BCUT2D eigenvalue weighted by molar-refractivity contribution is 0.0254. The van der Waals surface area contributed by atoms with Gasteiger partial charge in [0.25, 0.3) is 0 Å². The van der Waals surface area contributed by atoms with Crippen LogP contribution in [0, 0.1) is 5.41 Å². The lowest BCUT2D eigenvalue weighted by atomic mass is 9.89. The number of aliphatic hydroxyl groups is 1. The summed E-state index contributed by atoms with van der Waals surface area (Å²) in [6.07, 6.45) is -0.217. The molecule has 1 heterocycles. The van der Waals surface area contributed by atoms with Gasteiger partial charge in [-0.05, 0) is 5.41 Å². The van der Waals surface area contributed by atoms with E-state index in [-0.39, 0.29) is 11.5 Å². The number of hydrogen-bond donors (Lipinski definition) is 2. The SMILES string of the molecule is CC(C)(C)C(O)CN1CCNCC1. The van der Waals surface area contributed by atoms with Gasteiger partial charge in [0.15, 0.2) is 0 Å². The molecular weight excluding hydrogens is 164 g/mol. The largest absolute Gasteiger partial charge is 0.391 e. The van der Waals surface area contributed by atoms with E-state index < -0.39 is 0 Å². The first-order chi connectivity index (χ1) is 6.00. The maximum Gasteiger partial charge on any atom is 0.0715 e. The number of nitrogens with one attached hydrogen (secondary N) is 1. The summed E-state index contributed by atoms with van der Waals surface area (Å²) >= 11 is 0. The third kappa shape index (κ3) is 3.63. The highest BCUT2D eigenvalue weighted by atomic mass is 16.3. The molecule has 2 N–H and O–H groups in total. The van der Waals surface area contributed by atoms with Crippen molar-refractivity contribution in [2.45, 2.75) is 26.9 Å². The van der Waals surface area contributed by atoms with Crippen LogP contribution < -0.4 is 5.32 Å². The van der Waals surface area contributed by atoms with Crippen molar-refractivity contribution in [3.05, 3.63) is 0 Å². The molecule has 1 fully saturated rings. The van der Waals surface area contributed by atoms with Crippen molar-refractivity contribution >= 4 is 0 Å². The smallest absolute Gasteiger partial charge is 0.0715 e. The van der Waals surface area contributed by atoms with Crippen LogP contribution in [0.3, 0.4) is 0 Å². The van der Waals surface area contributed by atoms with E-state index in [1.165, 1.54) is 0 Å². The highest BCUT2D eigenvalue weighted by molar-refractivity contribution is 4.78. The average Bonchev–Trinajstić information content (AvgIpc) is 2.04. The number of hydrogen-bond acceptors (Lipinski definition) is 3. The summed E-state index contributed by atoms with van der Waals surface area (Å²) in [5, 5.41) is 13.2. The number of β-amino-alcohol motifs (C(OH)–C–C–N with tert-alkyl or cyclic N) is 1. The van der Waals surface area contributed by atoms with Crippen LogP contribution in [0.5, 0.6) is 0 Å². The number of piperazine rings is 1. The van der Waals surface area contributed by atoms with E-state index in [0.717, 1.165) is 32.7 Å². The summed E-state index contributed by atoms with van der Waals surface area (Å²) in [6.45, 7) is 11.3. The lowest BCUT2D eigenvalue weighted by Gasteiger charge is -2.34. The zero-order chi connectivity index (χ0) is 9.90. The van der Waals surface area contributed by atoms with Gasteiger partial charge >= 0.3 is 0 Å². The molecule has 0 aromatic carbocycles. The fourth-order valence-electron chi connectivity index (χ4n) is 1.41. The Morgan fingerprint density at radius 3 is 2.31 bits per heavy atom.